The molecule has 0 atom stereocenters. The van der Waals surface area contributed by atoms with E-state index in [4.69, 9.17) is 5.26 Å². The maximum Gasteiger partial charge on any atom is 0.272 e. The van der Waals surface area contributed by atoms with Crippen molar-refractivity contribution in [3.05, 3.63) is 47.3 Å². The summed E-state index contributed by atoms with van der Waals surface area (Å²) in [5.74, 6) is 0.304. The summed E-state index contributed by atoms with van der Waals surface area (Å²) in [6.07, 6.45) is 1.82. The highest BCUT2D eigenvalue weighted by Crippen LogP contribution is 2.15. The monoisotopic (exact) mass is 337 g/mol. The van der Waals surface area contributed by atoms with Crippen molar-refractivity contribution in [3.63, 3.8) is 0 Å². The minimum absolute atomic E-state index is 0.0721. The third-order valence-corrected chi connectivity index (χ3v) is 3.62. The van der Waals surface area contributed by atoms with Gasteiger partial charge in [-0.3, -0.25) is 4.79 Å². The van der Waals surface area contributed by atoms with Crippen molar-refractivity contribution in [2.24, 2.45) is 0 Å². The maximum absolute atomic E-state index is 12.7. The highest BCUT2D eigenvalue weighted by molar-refractivity contribution is 5.92. The van der Waals surface area contributed by atoms with Crippen LogP contribution in [0.2, 0.25) is 0 Å². The van der Waals surface area contributed by atoms with Crippen molar-refractivity contribution in [2.45, 2.75) is 33.6 Å². The molecule has 25 heavy (non-hydrogen) atoms. The Morgan fingerprint density at radius 3 is 2.36 bits per heavy atom. The van der Waals surface area contributed by atoms with Crippen LogP contribution in [0.5, 0.6) is 0 Å². The van der Waals surface area contributed by atoms with Crippen LogP contribution < -0.4 is 5.32 Å². The number of carbonyl (C=O) groups is 1. The quantitative estimate of drug-likeness (QED) is 0.833. The molecule has 0 unspecified atom stereocenters. The van der Waals surface area contributed by atoms with E-state index >= 15 is 0 Å². The first-order chi connectivity index (χ1) is 12.1. The number of nitrogens with zero attached hydrogens (tertiary/aromatic N) is 4. The van der Waals surface area contributed by atoms with Gasteiger partial charge in [0, 0.05) is 24.5 Å². The second kappa shape index (κ2) is 8.78. The van der Waals surface area contributed by atoms with Crippen LogP contribution in [0.25, 0.3) is 0 Å². The van der Waals surface area contributed by atoms with Gasteiger partial charge in [-0.15, -0.1) is 0 Å². The van der Waals surface area contributed by atoms with Gasteiger partial charge >= 0.3 is 0 Å². The Bertz CT molecular complexity index is 758. The summed E-state index contributed by atoms with van der Waals surface area (Å²) in [5, 5.41) is 11.9. The second-order valence-electron chi connectivity index (χ2n) is 5.82. The lowest BCUT2D eigenvalue weighted by atomic mass is 10.2. The van der Waals surface area contributed by atoms with Crippen molar-refractivity contribution in [1.82, 2.24) is 14.9 Å². The van der Waals surface area contributed by atoms with Crippen LogP contribution in [0.1, 0.15) is 48.4 Å². The summed E-state index contributed by atoms with van der Waals surface area (Å²) in [4.78, 5) is 23.3. The summed E-state index contributed by atoms with van der Waals surface area (Å²) in [5.41, 5.74) is 2.47. The number of anilines is 2. The average molecular weight is 337 g/mol. The molecule has 0 saturated heterocycles. The van der Waals surface area contributed by atoms with Gasteiger partial charge < -0.3 is 10.2 Å². The van der Waals surface area contributed by atoms with Crippen LogP contribution in [0.3, 0.4) is 0 Å². The van der Waals surface area contributed by atoms with Crippen molar-refractivity contribution in [2.75, 3.05) is 18.4 Å². The van der Waals surface area contributed by atoms with Gasteiger partial charge in [-0.25, -0.2) is 9.97 Å². The summed E-state index contributed by atoms with van der Waals surface area (Å²) >= 11 is 0. The molecule has 6 nitrogen and oxygen atoms in total. The predicted octanol–water partition coefficient (Wildman–Crippen LogP) is 3.66. The molecule has 0 bridgehead atoms. The lowest BCUT2D eigenvalue weighted by Gasteiger charge is -2.21. The Balaban J connectivity index is 2.23. The number of hydrogen-bond acceptors (Lipinski definition) is 5. The summed E-state index contributed by atoms with van der Waals surface area (Å²) in [6, 6.07) is 10.8. The molecule has 130 valence electrons. The minimum Gasteiger partial charge on any atom is -0.337 e. The first kappa shape index (κ1) is 18.4. The average Bonchev–Trinajstić information content (AvgIpc) is 2.61. The van der Waals surface area contributed by atoms with Gasteiger partial charge in [0.25, 0.3) is 5.91 Å². The van der Waals surface area contributed by atoms with E-state index < -0.39 is 0 Å². The van der Waals surface area contributed by atoms with E-state index in [1.807, 2.05) is 11.8 Å². The van der Waals surface area contributed by atoms with Gasteiger partial charge in [0.2, 0.25) is 5.95 Å². The van der Waals surface area contributed by atoms with Crippen molar-refractivity contribution < 1.29 is 4.79 Å². The van der Waals surface area contributed by atoms with Crippen LogP contribution in [0.4, 0.5) is 11.6 Å². The molecule has 0 saturated carbocycles. The number of benzene rings is 1. The summed E-state index contributed by atoms with van der Waals surface area (Å²) < 4.78 is 0. The molecule has 1 aromatic carbocycles. The molecule has 0 fully saturated rings. The molecule has 1 aromatic heterocycles. The fraction of sp³-hybridized carbons (Fsp3) is 0.368. The third-order valence-electron chi connectivity index (χ3n) is 3.62. The Kier molecular flexibility index (Phi) is 6.47. The van der Waals surface area contributed by atoms with E-state index in [9.17, 15) is 4.79 Å². The molecule has 0 aliphatic rings. The molecule has 1 heterocycles. The zero-order chi connectivity index (χ0) is 18.2. The Hall–Kier alpha value is -2.94. The van der Waals surface area contributed by atoms with Gasteiger partial charge in [-0.05, 0) is 50.1 Å². The van der Waals surface area contributed by atoms with Crippen molar-refractivity contribution in [3.8, 4) is 6.07 Å². The fourth-order valence-electron chi connectivity index (χ4n) is 2.51. The lowest BCUT2D eigenvalue weighted by Crippen LogP contribution is -2.33. The molecule has 1 N–H and O–H groups in total. The van der Waals surface area contributed by atoms with Crippen molar-refractivity contribution >= 4 is 17.5 Å². The van der Waals surface area contributed by atoms with Gasteiger partial charge in [-0.2, -0.15) is 5.26 Å². The van der Waals surface area contributed by atoms with Gasteiger partial charge in [0.15, 0.2) is 0 Å². The highest BCUT2D eigenvalue weighted by Gasteiger charge is 2.17. The maximum atomic E-state index is 12.7. The Morgan fingerprint density at radius 2 is 1.80 bits per heavy atom. The van der Waals surface area contributed by atoms with Gasteiger partial charge in [-0.1, -0.05) is 13.8 Å². The van der Waals surface area contributed by atoms with E-state index in [-0.39, 0.29) is 5.91 Å². The number of nitrogens with one attached hydrogen (secondary N) is 1. The molecule has 0 radical (unpaired) electrons. The molecule has 2 aromatic rings. The molecule has 0 aliphatic carbocycles. The van der Waals surface area contributed by atoms with E-state index in [1.165, 1.54) is 0 Å². The molecule has 2 rings (SSSR count). The van der Waals surface area contributed by atoms with E-state index in [1.54, 1.807) is 30.3 Å². The normalized spacial score (nSPS) is 10.2. The van der Waals surface area contributed by atoms with E-state index in [0.717, 1.165) is 24.2 Å². The molecular weight excluding hydrogens is 314 g/mol. The summed E-state index contributed by atoms with van der Waals surface area (Å²) in [7, 11) is 0. The van der Waals surface area contributed by atoms with Crippen LogP contribution in [0, 0.1) is 18.3 Å². The zero-order valence-electron chi connectivity index (χ0n) is 14.9. The molecule has 1 amide bonds. The minimum atomic E-state index is -0.0721. The summed E-state index contributed by atoms with van der Waals surface area (Å²) in [6.45, 7) is 7.38. The highest BCUT2D eigenvalue weighted by atomic mass is 16.2. The molecule has 0 spiro atoms. The number of nitriles is 1. The third kappa shape index (κ3) is 5.01. The Morgan fingerprint density at radius 1 is 1.16 bits per heavy atom. The fourth-order valence-corrected chi connectivity index (χ4v) is 2.51. The molecular formula is C19H23N5O. The first-order valence-corrected chi connectivity index (χ1v) is 8.49. The molecule has 0 aliphatic heterocycles. The second-order valence-corrected chi connectivity index (χ2v) is 5.82. The number of hydrogen-bond donors (Lipinski definition) is 1. The van der Waals surface area contributed by atoms with E-state index in [0.29, 0.717) is 30.3 Å². The molecule has 6 heteroatoms. The van der Waals surface area contributed by atoms with Crippen LogP contribution in [0.15, 0.2) is 30.3 Å². The van der Waals surface area contributed by atoms with Crippen molar-refractivity contribution in [1.29, 1.82) is 5.26 Å². The SMILES string of the molecule is CCCN(CCC)C(=O)c1cc(C)nc(Nc2ccc(C#N)cc2)n1. The van der Waals surface area contributed by atoms with Gasteiger partial charge in [0.1, 0.15) is 5.69 Å². The number of aryl methyl sites for hydroxylation is 1. The zero-order valence-corrected chi connectivity index (χ0v) is 14.9. The number of amides is 1. The van der Waals surface area contributed by atoms with Crippen LogP contribution in [-0.2, 0) is 0 Å². The Labute approximate surface area is 148 Å². The van der Waals surface area contributed by atoms with Gasteiger partial charge in [0.05, 0.1) is 11.6 Å². The van der Waals surface area contributed by atoms with Crippen LogP contribution >= 0.6 is 0 Å². The number of rotatable bonds is 7. The standard InChI is InChI=1S/C19H23N5O/c1-4-10-24(11-5-2)18(25)17-12-14(3)21-19(23-17)22-16-8-6-15(13-20)7-9-16/h6-9,12H,4-5,10-11H2,1-3H3,(H,21,22,23). The lowest BCUT2D eigenvalue weighted by molar-refractivity contribution is 0.0749. The van der Waals surface area contributed by atoms with E-state index in [2.05, 4.69) is 35.2 Å². The van der Waals surface area contributed by atoms with Crippen LogP contribution in [-0.4, -0.2) is 33.9 Å². The topological polar surface area (TPSA) is 81.9 Å². The first-order valence-electron chi connectivity index (χ1n) is 8.49. The largest absolute Gasteiger partial charge is 0.337 e. The predicted molar refractivity (Wildman–Crippen MR) is 97.7 cm³/mol. The smallest absolute Gasteiger partial charge is 0.272 e. The number of carbonyl (C=O) groups excluding carboxylic acids is 1. The number of aromatic nitrogens is 2.